The topological polar surface area (TPSA) is 113 Å². The zero-order chi connectivity index (χ0) is 31.3. The number of hydrogen-bond donors (Lipinski definition) is 3. The first-order chi connectivity index (χ1) is 20.3. The van der Waals surface area contributed by atoms with Crippen LogP contribution in [-0.2, 0) is 19.1 Å². The third kappa shape index (κ3) is 27.4. The third-order valence-corrected chi connectivity index (χ3v) is 7.69. The molecule has 0 rings (SSSR count). The second-order valence-corrected chi connectivity index (χ2v) is 12.4. The first-order valence-corrected chi connectivity index (χ1v) is 17.3. The molecule has 3 atom stereocenters. The molecule has 0 heterocycles. The van der Waals surface area contributed by atoms with E-state index in [1.165, 1.54) is 57.8 Å². The third-order valence-electron chi connectivity index (χ3n) is 7.69. The predicted molar refractivity (Wildman–Crippen MR) is 171 cm³/mol. The lowest BCUT2D eigenvalue weighted by molar-refractivity contribution is -0.161. The first kappa shape index (κ1) is 40.6. The Morgan fingerprint density at radius 2 is 1.21 bits per heavy atom. The summed E-state index contributed by atoms with van der Waals surface area (Å²) in [6.45, 7) is 6.23. The monoisotopic (exact) mass is 598 g/mol. The van der Waals surface area contributed by atoms with E-state index in [-0.39, 0.29) is 31.6 Å². The van der Waals surface area contributed by atoms with Crippen LogP contribution in [0.25, 0.3) is 0 Å². The largest absolute Gasteiger partial charge is 0.462 e. The molecule has 0 aromatic carbocycles. The molecule has 3 N–H and O–H groups in total. The molecule has 0 saturated heterocycles. The van der Waals surface area contributed by atoms with E-state index in [9.17, 15) is 24.9 Å². The highest BCUT2D eigenvalue weighted by Gasteiger charge is 2.16. The first-order valence-electron chi connectivity index (χ1n) is 17.3. The summed E-state index contributed by atoms with van der Waals surface area (Å²) in [5, 5.41) is 29.7. The summed E-state index contributed by atoms with van der Waals surface area (Å²) in [4.78, 5) is 24.1. The van der Waals surface area contributed by atoms with Gasteiger partial charge in [0.05, 0.1) is 18.8 Å². The second kappa shape index (κ2) is 29.6. The lowest BCUT2D eigenvalue weighted by Gasteiger charge is -2.16. The Morgan fingerprint density at radius 3 is 1.79 bits per heavy atom. The van der Waals surface area contributed by atoms with E-state index < -0.39 is 18.3 Å². The molecule has 0 bridgehead atoms. The summed E-state index contributed by atoms with van der Waals surface area (Å²) in [6.07, 6.45) is 23.0. The van der Waals surface area contributed by atoms with Gasteiger partial charge < -0.3 is 24.8 Å². The highest BCUT2D eigenvalue weighted by Crippen LogP contribution is 2.15. The fourth-order valence-electron chi connectivity index (χ4n) is 4.88. The van der Waals surface area contributed by atoms with Crippen molar-refractivity contribution in [2.45, 2.75) is 180 Å². The van der Waals surface area contributed by atoms with Crippen molar-refractivity contribution in [3.8, 4) is 0 Å². The van der Waals surface area contributed by atoms with Crippen LogP contribution in [0.1, 0.15) is 162 Å². The van der Waals surface area contributed by atoms with Gasteiger partial charge in [0.1, 0.15) is 6.61 Å². The van der Waals surface area contributed by atoms with E-state index in [0.29, 0.717) is 25.7 Å². The highest BCUT2D eigenvalue weighted by molar-refractivity contribution is 5.70. The van der Waals surface area contributed by atoms with Crippen LogP contribution >= 0.6 is 0 Å². The van der Waals surface area contributed by atoms with Gasteiger partial charge in [-0.2, -0.15) is 0 Å². The van der Waals surface area contributed by atoms with Crippen LogP contribution in [0.4, 0.5) is 0 Å². The maximum Gasteiger partial charge on any atom is 0.306 e. The number of aliphatic hydroxyl groups is 3. The van der Waals surface area contributed by atoms with Gasteiger partial charge in [-0.3, -0.25) is 9.59 Å². The number of ether oxygens (including phenoxy) is 2. The zero-order valence-electron chi connectivity index (χ0n) is 27.4. The van der Waals surface area contributed by atoms with Gasteiger partial charge in [0.2, 0.25) is 0 Å². The lowest BCUT2D eigenvalue weighted by Crippen LogP contribution is -2.28. The number of carbonyl (C=O) groups excluding carboxylic acids is 2. The van der Waals surface area contributed by atoms with Gasteiger partial charge in [-0.25, -0.2) is 0 Å². The van der Waals surface area contributed by atoms with Crippen molar-refractivity contribution in [3.05, 3.63) is 12.2 Å². The lowest BCUT2D eigenvalue weighted by atomic mass is 10.0. The van der Waals surface area contributed by atoms with E-state index in [1.807, 2.05) is 6.08 Å². The maximum absolute atomic E-state index is 12.1. The van der Waals surface area contributed by atoms with Crippen LogP contribution in [0, 0.1) is 5.92 Å². The number of allylic oxidation sites excluding steroid dienone is 1. The average Bonchev–Trinajstić information content (AvgIpc) is 2.96. The maximum atomic E-state index is 12.1. The molecule has 0 amide bonds. The van der Waals surface area contributed by atoms with Gasteiger partial charge in [0.25, 0.3) is 0 Å². The summed E-state index contributed by atoms with van der Waals surface area (Å²) in [7, 11) is 0. The minimum Gasteiger partial charge on any atom is -0.462 e. The van der Waals surface area contributed by atoms with Crippen molar-refractivity contribution in [2.24, 2.45) is 5.92 Å². The van der Waals surface area contributed by atoms with Crippen LogP contribution in [0.3, 0.4) is 0 Å². The molecule has 0 aliphatic heterocycles. The molecule has 0 unspecified atom stereocenters. The fraction of sp³-hybridized carbons (Fsp3) is 0.886. The molecule has 0 aliphatic rings. The molecule has 248 valence electrons. The van der Waals surface area contributed by atoms with E-state index in [1.54, 1.807) is 0 Å². The second-order valence-electron chi connectivity index (χ2n) is 12.4. The van der Waals surface area contributed by atoms with Crippen molar-refractivity contribution >= 4 is 11.9 Å². The van der Waals surface area contributed by atoms with Crippen molar-refractivity contribution in [1.29, 1.82) is 0 Å². The number of rotatable bonds is 30. The van der Waals surface area contributed by atoms with Crippen LogP contribution in [0.15, 0.2) is 12.2 Å². The predicted octanol–water partition coefficient (Wildman–Crippen LogP) is 7.97. The summed E-state index contributed by atoms with van der Waals surface area (Å²) in [5.41, 5.74) is 0. The molecule has 0 spiro atoms. The minimum atomic E-state index is -0.814. The van der Waals surface area contributed by atoms with Gasteiger partial charge >= 0.3 is 11.9 Å². The number of aliphatic hydroxyl groups excluding tert-OH is 3. The average molecular weight is 599 g/mol. The molecule has 7 nitrogen and oxygen atoms in total. The van der Waals surface area contributed by atoms with E-state index in [0.717, 1.165) is 57.3 Å². The number of carbonyl (C=O) groups is 2. The molecule has 0 aromatic rings. The quantitative estimate of drug-likeness (QED) is 0.0436. The molecular formula is C35H66O7. The number of unbranched alkanes of at least 4 members (excludes halogenated alkanes) is 14. The molecule has 0 aromatic heterocycles. The van der Waals surface area contributed by atoms with Crippen molar-refractivity contribution in [2.75, 3.05) is 13.2 Å². The fourth-order valence-corrected chi connectivity index (χ4v) is 4.88. The van der Waals surface area contributed by atoms with Crippen molar-refractivity contribution < 1.29 is 34.4 Å². The zero-order valence-corrected chi connectivity index (χ0v) is 27.4. The van der Waals surface area contributed by atoms with Crippen molar-refractivity contribution in [1.82, 2.24) is 0 Å². The van der Waals surface area contributed by atoms with Crippen LogP contribution in [0.5, 0.6) is 0 Å². The minimum absolute atomic E-state index is 0.119. The van der Waals surface area contributed by atoms with Crippen LogP contribution in [-0.4, -0.2) is 58.8 Å². The Bertz CT molecular complexity index is 649. The van der Waals surface area contributed by atoms with E-state index in [2.05, 4.69) is 26.8 Å². The Hall–Kier alpha value is -1.44. The Balaban J connectivity index is 3.72. The normalized spacial score (nSPS) is 13.9. The van der Waals surface area contributed by atoms with Gasteiger partial charge in [-0.05, 0) is 44.4 Å². The summed E-state index contributed by atoms with van der Waals surface area (Å²) in [6, 6.07) is 0. The molecule has 0 aliphatic carbocycles. The molecule has 42 heavy (non-hydrogen) atoms. The van der Waals surface area contributed by atoms with Gasteiger partial charge in [-0.1, -0.05) is 123 Å². The number of esters is 2. The summed E-state index contributed by atoms with van der Waals surface area (Å²) in [5.74, 6) is 0.0889. The number of hydrogen-bond acceptors (Lipinski definition) is 7. The molecule has 7 heteroatoms. The van der Waals surface area contributed by atoms with E-state index in [4.69, 9.17) is 9.47 Å². The van der Waals surface area contributed by atoms with Gasteiger partial charge in [0.15, 0.2) is 6.10 Å². The Labute approximate surface area is 257 Å². The smallest absolute Gasteiger partial charge is 0.306 e. The summed E-state index contributed by atoms with van der Waals surface area (Å²) < 4.78 is 10.5. The highest BCUT2D eigenvalue weighted by atomic mass is 16.6. The van der Waals surface area contributed by atoms with E-state index >= 15 is 0 Å². The molecular weight excluding hydrogens is 532 g/mol. The van der Waals surface area contributed by atoms with Gasteiger partial charge in [-0.15, -0.1) is 0 Å². The molecule has 0 radical (unpaired) electrons. The summed E-state index contributed by atoms with van der Waals surface area (Å²) >= 11 is 0. The Kier molecular flexibility index (Phi) is 28.6. The molecule has 0 saturated carbocycles. The standard InChI is InChI=1S/C35H66O7/c1-4-5-6-7-14-19-24-32(37)33(38)25-20-15-12-17-21-26-34(39)41-29-31(28-36)42-35(40)27-22-16-11-9-8-10-13-18-23-30(2)3/h14,19,30-33,36-38H,4-13,15-18,20-29H2,1-3H3/b19-14-/t31-,32+,33+/m0/s1. The van der Waals surface area contributed by atoms with Crippen LogP contribution < -0.4 is 0 Å². The van der Waals surface area contributed by atoms with Gasteiger partial charge in [0, 0.05) is 12.8 Å². The molecule has 0 fully saturated rings. The van der Waals surface area contributed by atoms with Crippen LogP contribution in [0.2, 0.25) is 0 Å². The SMILES string of the molecule is CCCCC/C=C\C[C@@H](O)[C@H](O)CCCCCCCC(=O)OC[C@H](CO)OC(=O)CCCCCCCCCCC(C)C. The van der Waals surface area contributed by atoms with Crippen molar-refractivity contribution in [3.63, 3.8) is 0 Å². The Morgan fingerprint density at radius 1 is 0.667 bits per heavy atom.